The molecule has 0 heterocycles. The molecule has 1 amide bonds. The minimum absolute atomic E-state index is 0.200. The lowest BCUT2D eigenvalue weighted by molar-refractivity contribution is -0.121. The molecule has 31 heavy (non-hydrogen) atoms. The monoisotopic (exact) mass is 499 g/mol. The summed E-state index contributed by atoms with van der Waals surface area (Å²) in [6.07, 6.45) is 0.00365. The molecule has 10 heteroatoms. The summed E-state index contributed by atoms with van der Waals surface area (Å²) in [7, 11) is 0. The number of hydrogen-bond donors (Lipinski definition) is 3. The molecular formula is C21H24Cl3N5OS. The van der Waals surface area contributed by atoms with E-state index in [1.54, 1.807) is 0 Å². The van der Waals surface area contributed by atoms with E-state index in [0.29, 0.717) is 18.5 Å². The summed E-state index contributed by atoms with van der Waals surface area (Å²) in [6.45, 7) is 5.78. The van der Waals surface area contributed by atoms with Gasteiger partial charge in [-0.2, -0.15) is 10.2 Å². The lowest BCUT2D eigenvalue weighted by atomic mass is 10.2. The van der Waals surface area contributed by atoms with E-state index < -0.39 is 9.96 Å². The minimum atomic E-state index is -1.79. The molecule has 2 rings (SSSR count). The summed E-state index contributed by atoms with van der Waals surface area (Å²) in [5.41, 5.74) is 4.21. The van der Waals surface area contributed by atoms with Crippen molar-refractivity contribution < 1.29 is 4.79 Å². The number of nitrogens with one attached hydrogen (secondary N) is 3. The number of azo groups is 1. The standard InChI is InChI=1S/C21H24Cl3N5OS/c1-4-7-18(30)26-19(21(22,23)24)27-20(31)25-16-11-10-15(12-14(16)3)28-29-17-9-6-5-8-13(17)2/h5-6,8-12,19H,4,7H2,1-3H3,(H,26,30)(H2,25,27,31)/t19-/m0/s1. The fourth-order valence-corrected chi connectivity index (χ4v) is 3.14. The van der Waals surface area contributed by atoms with E-state index in [1.165, 1.54) is 0 Å². The predicted molar refractivity (Wildman–Crippen MR) is 133 cm³/mol. The van der Waals surface area contributed by atoms with Gasteiger partial charge in [0.2, 0.25) is 9.70 Å². The maximum Gasteiger partial charge on any atom is 0.228 e. The fraction of sp³-hybridized carbons (Fsp3) is 0.333. The second-order valence-corrected chi connectivity index (χ2v) is 9.65. The van der Waals surface area contributed by atoms with Crippen molar-refractivity contribution in [3.8, 4) is 0 Å². The SMILES string of the molecule is CCCC(=O)N[C@@H](NC(=S)Nc1ccc(N=Nc2ccccc2C)cc1C)C(Cl)(Cl)Cl. The summed E-state index contributed by atoms with van der Waals surface area (Å²) in [5, 5.41) is 17.3. The predicted octanol–water partition coefficient (Wildman–Crippen LogP) is 6.62. The highest BCUT2D eigenvalue weighted by Crippen LogP contribution is 2.29. The van der Waals surface area contributed by atoms with E-state index in [9.17, 15) is 4.79 Å². The van der Waals surface area contributed by atoms with Gasteiger partial charge in [-0.25, -0.2) is 0 Å². The number of nitrogens with zero attached hydrogens (tertiary/aromatic N) is 2. The van der Waals surface area contributed by atoms with Crippen LogP contribution in [0.2, 0.25) is 0 Å². The van der Waals surface area contributed by atoms with Gasteiger partial charge < -0.3 is 16.0 Å². The number of rotatable bonds is 7. The van der Waals surface area contributed by atoms with Gasteiger partial charge in [-0.1, -0.05) is 59.9 Å². The fourth-order valence-electron chi connectivity index (χ4n) is 2.59. The number of aryl methyl sites for hydroxylation is 2. The normalized spacial score (nSPS) is 12.5. The average molecular weight is 501 g/mol. The number of halogens is 3. The van der Waals surface area contributed by atoms with Gasteiger partial charge in [-0.3, -0.25) is 4.79 Å². The van der Waals surface area contributed by atoms with Crippen LogP contribution in [0.4, 0.5) is 17.1 Å². The van der Waals surface area contributed by atoms with Crippen LogP contribution in [-0.4, -0.2) is 21.0 Å². The van der Waals surface area contributed by atoms with E-state index in [2.05, 4.69) is 26.2 Å². The van der Waals surface area contributed by atoms with Gasteiger partial charge in [0.15, 0.2) is 5.11 Å². The highest BCUT2D eigenvalue weighted by atomic mass is 35.6. The van der Waals surface area contributed by atoms with E-state index in [0.717, 1.165) is 22.5 Å². The van der Waals surface area contributed by atoms with Gasteiger partial charge in [0, 0.05) is 12.1 Å². The lowest BCUT2D eigenvalue weighted by Gasteiger charge is -2.28. The summed E-state index contributed by atoms with van der Waals surface area (Å²) < 4.78 is -1.79. The van der Waals surface area contributed by atoms with Gasteiger partial charge >= 0.3 is 0 Å². The summed E-state index contributed by atoms with van der Waals surface area (Å²) >= 11 is 23.3. The van der Waals surface area contributed by atoms with Gasteiger partial charge in [0.1, 0.15) is 6.17 Å². The van der Waals surface area contributed by atoms with Crippen LogP contribution in [0.25, 0.3) is 0 Å². The molecule has 2 aromatic carbocycles. The van der Waals surface area contributed by atoms with Crippen molar-refractivity contribution in [1.82, 2.24) is 10.6 Å². The topological polar surface area (TPSA) is 77.9 Å². The Kier molecular flexibility index (Phi) is 9.50. The van der Waals surface area contributed by atoms with E-state index in [-0.39, 0.29) is 11.0 Å². The van der Waals surface area contributed by atoms with E-state index in [1.807, 2.05) is 63.2 Å². The van der Waals surface area contributed by atoms with Gasteiger partial charge in [-0.15, -0.1) is 0 Å². The lowest BCUT2D eigenvalue weighted by Crippen LogP contribution is -2.56. The van der Waals surface area contributed by atoms with E-state index in [4.69, 9.17) is 47.0 Å². The molecule has 0 unspecified atom stereocenters. The number of thiocarbonyl (C=S) groups is 1. The molecule has 0 aromatic heterocycles. The van der Waals surface area contributed by atoms with Gasteiger partial charge in [-0.05, 0) is 67.9 Å². The first-order chi connectivity index (χ1) is 14.6. The van der Waals surface area contributed by atoms with Crippen LogP contribution in [0.1, 0.15) is 30.9 Å². The van der Waals surface area contributed by atoms with Crippen molar-refractivity contribution in [3.63, 3.8) is 0 Å². The summed E-state index contributed by atoms with van der Waals surface area (Å²) in [5.74, 6) is -0.242. The molecule has 0 radical (unpaired) electrons. The first kappa shape index (κ1) is 25.3. The average Bonchev–Trinajstić information content (AvgIpc) is 2.68. The van der Waals surface area contributed by atoms with Crippen molar-refractivity contribution >= 4 is 75.1 Å². The zero-order valence-electron chi connectivity index (χ0n) is 17.4. The van der Waals surface area contributed by atoms with Crippen LogP contribution in [0.15, 0.2) is 52.7 Å². The first-order valence-corrected chi connectivity index (χ1v) is 11.2. The Balaban J connectivity index is 2.05. The number of alkyl halides is 3. The molecule has 0 saturated carbocycles. The maximum absolute atomic E-state index is 11.9. The summed E-state index contributed by atoms with van der Waals surface area (Å²) in [6, 6.07) is 13.3. The Morgan fingerprint density at radius 1 is 1.06 bits per heavy atom. The van der Waals surface area contributed by atoms with Crippen molar-refractivity contribution in [3.05, 3.63) is 53.6 Å². The first-order valence-electron chi connectivity index (χ1n) is 9.61. The van der Waals surface area contributed by atoms with Crippen molar-refractivity contribution in [2.75, 3.05) is 5.32 Å². The Morgan fingerprint density at radius 2 is 1.77 bits per heavy atom. The third-order valence-electron chi connectivity index (χ3n) is 4.23. The van der Waals surface area contributed by atoms with Crippen LogP contribution >= 0.6 is 47.0 Å². The molecule has 0 spiro atoms. The van der Waals surface area contributed by atoms with Gasteiger partial charge in [0.25, 0.3) is 0 Å². The smallest absolute Gasteiger partial charge is 0.228 e. The Morgan fingerprint density at radius 3 is 2.39 bits per heavy atom. The molecule has 0 aliphatic carbocycles. The molecule has 2 aromatic rings. The van der Waals surface area contributed by atoms with Crippen LogP contribution in [0, 0.1) is 13.8 Å². The molecule has 166 valence electrons. The van der Waals surface area contributed by atoms with Gasteiger partial charge in [0.05, 0.1) is 11.4 Å². The largest absolute Gasteiger partial charge is 0.339 e. The van der Waals surface area contributed by atoms with Crippen LogP contribution in [-0.2, 0) is 4.79 Å². The second kappa shape index (κ2) is 11.6. The Labute approximate surface area is 202 Å². The van der Waals surface area contributed by atoms with Crippen LogP contribution < -0.4 is 16.0 Å². The Hall–Kier alpha value is -1.93. The second-order valence-electron chi connectivity index (χ2n) is 6.88. The number of carbonyl (C=O) groups excluding carboxylic acids is 1. The highest BCUT2D eigenvalue weighted by molar-refractivity contribution is 7.80. The highest BCUT2D eigenvalue weighted by Gasteiger charge is 2.34. The third-order valence-corrected chi connectivity index (χ3v) is 5.11. The number of hydrogen-bond acceptors (Lipinski definition) is 4. The third kappa shape index (κ3) is 8.26. The molecule has 0 fully saturated rings. The molecular weight excluding hydrogens is 477 g/mol. The van der Waals surface area contributed by atoms with Crippen LogP contribution in [0.5, 0.6) is 0 Å². The number of carbonyl (C=O) groups is 1. The van der Waals surface area contributed by atoms with Crippen LogP contribution in [0.3, 0.4) is 0 Å². The molecule has 0 aliphatic rings. The summed E-state index contributed by atoms with van der Waals surface area (Å²) in [4.78, 5) is 11.9. The molecule has 1 atom stereocenters. The zero-order chi connectivity index (χ0) is 23.0. The van der Waals surface area contributed by atoms with Crippen molar-refractivity contribution in [1.29, 1.82) is 0 Å². The Bertz CT molecular complexity index is 962. The quantitative estimate of drug-likeness (QED) is 0.173. The van der Waals surface area contributed by atoms with Crippen molar-refractivity contribution in [2.24, 2.45) is 10.2 Å². The number of amides is 1. The molecule has 6 nitrogen and oxygen atoms in total. The zero-order valence-corrected chi connectivity index (χ0v) is 20.5. The number of benzene rings is 2. The maximum atomic E-state index is 11.9. The van der Waals surface area contributed by atoms with Crippen molar-refractivity contribution in [2.45, 2.75) is 43.6 Å². The molecule has 0 aliphatic heterocycles. The molecule has 0 bridgehead atoms. The van der Waals surface area contributed by atoms with E-state index >= 15 is 0 Å². The molecule has 0 saturated heterocycles. The molecule has 3 N–H and O–H groups in total. The minimum Gasteiger partial charge on any atom is -0.339 e. The number of anilines is 1.